The van der Waals surface area contributed by atoms with Gasteiger partial charge < -0.3 is 10.5 Å². The first-order chi connectivity index (χ1) is 6.91. The smallest absolute Gasteiger partial charge is 0.387 e. The van der Waals surface area contributed by atoms with E-state index in [1.165, 1.54) is 0 Å². The molecular weight excluding hydrogens is 278 g/mol. The van der Waals surface area contributed by atoms with Crippen LogP contribution in [0.5, 0.6) is 5.75 Å². The molecule has 0 heterocycles. The molecule has 1 aromatic rings. The number of nitrogens with zero attached hydrogens (tertiary/aromatic N) is 1. The minimum absolute atomic E-state index is 0.0451. The summed E-state index contributed by atoms with van der Waals surface area (Å²) >= 11 is 2.86. The molecule has 0 aromatic heterocycles. The fraction of sp³-hybridized carbons (Fsp3) is 0.143. The Bertz CT molecular complexity index is 400. The van der Waals surface area contributed by atoms with Crippen LogP contribution in [0.4, 0.5) is 20.2 Å². The first-order valence-corrected chi connectivity index (χ1v) is 4.39. The van der Waals surface area contributed by atoms with Gasteiger partial charge in [0.15, 0.2) is 0 Å². The van der Waals surface area contributed by atoms with E-state index in [2.05, 4.69) is 20.7 Å². The maximum Gasteiger partial charge on any atom is 0.387 e. The number of ether oxygens (including phenoxy) is 1. The Morgan fingerprint density at radius 1 is 1.53 bits per heavy atom. The summed E-state index contributed by atoms with van der Waals surface area (Å²) in [6.07, 6.45) is 0. The molecule has 1 rings (SSSR count). The van der Waals surface area contributed by atoms with Crippen LogP contribution in [0.25, 0.3) is 0 Å². The summed E-state index contributed by atoms with van der Waals surface area (Å²) in [5.41, 5.74) is 4.67. The fourth-order valence-corrected chi connectivity index (χ4v) is 1.33. The van der Waals surface area contributed by atoms with Gasteiger partial charge in [0.2, 0.25) is 0 Å². The predicted molar refractivity (Wildman–Crippen MR) is 51.8 cm³/mol. The third-order valence-electron chi connectivity index (χ3n) is 1.49. The van der Waals surface area contributed by atoms with Crippen molar-refractivity contribution in [3.63, 3.8) is 0 Å². The summed E-state index contributed by atoms with van der Waals surface area (Å²) in [6.45, 7) is -3.01. The third kappa shape index (κ3) is 2.75. The van der Waals surface area contributed by atoms with Crippen molar-refractivity contribution in [2.45, 2.75) is 6.61 Å². The first-order valence-electron chi connectivity index (χ1n) is 3.60. The minimum Gasteiger partial charge on any atom is -0.434 e. The van der Waals surface area contributed by atoms with Crippen molar-refractivity contribution < 1.29 is 18.4 Å². The van der Waals surface area contributed by atoms with Crippen LogP contribution in [0.15, 0.2) is 16.6 Å². The summed E-state index contributed by atoms with van der Waals surface area (Å²) in [5.74, 6) is -0.242. The largest absolute Gasteiger partial charge is 0.434 e. The average molecular weight is 283 g/mol. The molecule has 0 radical (unpaired) electrons. The van der Waals surface area contributed by atoms with Crippen molar-refractivity contribution in [1.82, 2.24) is 0 Å². The molecule has 1 aromatic carbocycles. The zero-order valence-electron chi connectivity index (χ0n) is 7.12. The van der Waals surface area contributed by atoms with Gasteiger partial charge in [-0.1, -0.05) is 0 Å². The molecule has 82 valence electrons. The van der Waals surface area contributed by atoms with Crippen molar-refractivity contribution in [3.8, 4) is 5.75 Å². The number of rotatable bonds is 3. The molecule has 0 amide bonds. The lowest BCUT2D eigenvalue weighted by atomic mass is 10.2. The highest BCUT2D eigenvalue weighted by molar-refractivity contribution is 9.10. The molecule has 2 N–H and O–H groups in total. The molecule has 0 aliphatic heterocycles. The lowest BCUT2D eigenvalue weighted by molar-refractivity contribution is -0.384. The molecule has 0 spiro atoms. The molecule has 0 atom stereocenters. The fourth-order valence-electron chi connectivity index (χ4n) is 0.903. The second kappa shape index (κ2) is 4.39. The Morgan fingerprint density at radius 2 is 2.13 bits per heavy atom. The zero-order chi connectivity index (χ0) is 11.6. The number of nitro groups is 1. The van der Waals surface area contributed by atoms with E-state index < -0.39 is 11.5 Å². The van der Waals surface area contributed by atoms with E-state index in [4.69, 9.17) is 5.73 Å². The van der Waals surface area contributed by atoms with Crippen LogP contribution in [0, 0.1) is 10.1 Å². The standard InChI is InChI=1S/C7H5BrF2N2O3/c8-3-1-5(12(13)14)4(11)2-6(3)15-7(9)10/h1-2,7H,11H2. The van der Waals surface area contributed by atoms with Crippen molar-refractivity contribution >= 4 is 27.3 Å². The van der Waals surface area contributed by atoms with E-state index >= 15 is 0 Å². The zero-order valence-corrected chi connectivity index (χ0v) is 8.70. The van der Waals surface area contributed by atoms with Crippen LogP contribution < -0.4 is 10.5 Å². The highest BCUT2D eigenvalue weighted by atomic mass is 79.9. The van der Waals surface area contributed by atoms with E-state index in [0.717, 1.165) is 12.1 Å². The molecule has 8 heteroatoms. The van der Waals surface area contributed by atoms with Crippen molar-refractivity contribution in [2.75, 3.05) is 5.73 Å². The second-order valence-corrected chi connectivity index (χ2v) is 3.33. The Kier molecular flexibility index (Phi) is 3.40. The number of alkyl halides is 2. The maximum absolute atomic E-state index is 11.9. The SMILES string of the molecule is Nc1cc(OC(F)F)c(Br)cc1[N+](=O)[O-]. The van der Waals surface area contributed by atoms with Crippen LogP contribution >= 0.6 is 15.9 Å². The van der Waals surface area contributed by atoms with E-state index in [-0.39, 0.29) is 21.6 Å². The summed E-state index contributed by atoms with van der Waals surface area (Å²) in [7, 11) is 0. The molecule has 0 fully saturated rings. The minimum atomic E-state index is -3.01. The van der Waals surface area contributed by atoms with Gasteiger partial charge in [0.1, 0.15) is 11.4 Å². The van der Waals surface area contributed by atoms with Gasteiger partial charge in [-0.15, -0.1) is 0 Å². The predicted octanol–water partition coefficient (Wildman–Crippen LogP) is 2.54. The highest BCUT2D eigenvalue weighted by Crippen LogP contribution is 2.34. The number of benzene rings is 1. The van der Waals surface area contributed by atoms with Gasteiger partial charge in [-0.25, -0.2) is 0 Å². The number of hydrogen-bond acceptors (Lipinski definition) is 4. The van der Waals surface area contributed by atoms with Gasteiger partial charge in [-0.05, 0) is 15.9 Å². The molecule has 0 unspecified atom stereocenters. The maximum atomic E-state index is 11.9. The normalized spacial score (nSPS) is 10.4. The van der Waals surface area contributed by atoms with Crippen LogP contribution in [-0.2, 0) is 0 Å². The molecule has 0 saturated heterocycles. The molecule has 5 nitrogen and oxygen atoms in total. The Morgan fingerprint density at radius 3 is 2.60 bits per heavy atom. The van der Waals surface area contributed by atoms with Gasteiger partial charge in [-0.3, -0.25) is 10.1 Å². The van der Waals surface area contributed by atoms with Gasteiger partial charge in [-0.2, -0.15) is 8.78 Å². The quantitative estimate of drug-likeness (QED) is 0.525. The van der Waals surface area contributed by atoms with E-state index in [0.29, 0.717) is 0 Å². The van der Waals surface area contributed by atoms with Crippen molar-refractivity contribution in [2.24, 2.45) is 0 Å². The molecular formula is C7H5BrF2N2O3. The van der Waals surface area contributed by atoms with E-state index in [9.17, 15) is 18.9 Å². The first kappa shape index (κ1) is 11.6. The second-order valence-electron chi connectivity index (χ2n) is 2.48. The average Bonchev–Trinajstić information content (AvgIpc) is 2.09. The number of anilines is 1. The lowest BCUT2D eigenvalue weighted by Gasteiger charge is -2.07. The molecule has 0 aliphatic carbocycles. The number of nitrogen functional groups attached to an aromatic ring is 1. The highest BCUT2D eigenvalue weighted by Gasteiger charge is 2.17. The summed E-state index contributed by atoms with van der Waals surface area (Å²) in [4.78, 5) is 9.71. The van der Waals surface area contributed by atoms with Gasteiger partial charge in [0.05, 0.1) is 9.40 Å². The van der Waals surface area contributed by atoms with E-state index in [1.54, 1.807) is 0 Å². The Hall–Kier alpha value is -1.44. The Labute approximate surface area is 91.1 Å². The summed E-state index contributed by atoms with van der Waals surface area (Å²) in [5, 5.41) is 10.4. The van der Waals surface area contributed by atoms with Crippen LogP contribution in [0.1, 0.15) is 0 Å². The number of halogens is 3. The molecule has 0 aliphatic rings. The number of nitrogens with two attached hydrogens (primary N) is 1. The van der Waals surface area contributed by atoms with Crippen LogP contribution in [0.3, 0.4) is 0 Å². The van der Waals surface area contributed by atoms with Gasteiger partial charge >= 0.3 is 6.61 Å². The monoisotopic (exact) mass is 282 g/mol. The summed E-state index contributed by atoms with van der Waals surface area (Å²) < 4.78 is 27.9. The van der Waals surface area contributed by atoms with Crippen LogP contribution in [-0.4, -0.2) is 11.5 Å². The number of nitro benzene ring substituents is 1. The van der Waals surface area contributed by atoms with Crippen molar-refractivity contribution in [1.29, 1.82) is 0 Å². The van der Waals surface area contributed by atoms with Gasteiger partial charge in [0.25, 0.3) is 5.69 Å². The third-order valence-corrected chi connectivity index (χ3v) is 2.11. The molecule has 0 saturated carbocycles. The topological polar surface area (TPSA) is 78.4 Å². The van der Waals surface area contributed by atoms with Crippen molar-refractivity contribution in [3.05, 3.63) is 26.7 Å². The summed E-state index contributed by atoms with van der Waals surface area (Å²) in [6, 6.07) is 1.97. The lowest BCUT2D eigenvalue weighted by Crippen LogP contribution is -2.04. The Balaban J connectivity index is 3.13. The van der Waals surface area contributed by atoms with Crippen LogP contribution in [0.2, 0.25) is 0 Å². The van der Waals surface area contributed by atoms with E-state index in [1.807, 2.05) is 0 Å². The number of hydrogen-bond donors (Lipinski definition) is 1. The molecule has 15 heavy (non-hydrogen) atoms. The molecule has 0 bridgehead atoms. The van der Waals surface area contributed by atoms with Gasteiger partial charge in [0, 0.05) is 12.1 Å².